The monoisotopic (exact) mass is 279 g/mol. The molecule has 0 saturated carbocycles. The van der Waals surface area contributed by atoms with E-state index in [-0.39, 0.29) is 0 Å². The van der Waals surface area contributed by atoms with Crippen LogP contribution in [0.1, 0.15) is 5.56 Å². The first-order chi connectivity index (χ1) is 8.70. The zero-order valence-corrected chi connectivity index (χ0v) is 11.6. The van der Waals surface area contributed by atoms with Gasteiger partial charge in [0.05, 0.1) is 17.8 Å². The van der Waals surface area contributed by atoms with Gasteiger partial charge in [0.25, 0.3) is 0 Å². The van der Waals surface area contributed by atoms with Crippen molar-refractivity contribution in [2.75, 3.05) is 12.8 Å². The molecule has 0 spiro atoms. The summed E-state index contributed by atoms with van der Waals surface area (Å²) in [4.78, 5) is 1.10. The normalized spacial score (nSPS) is 10.3. The van der Waals surface area contributed by atoms with Crippen molar-refractivity contribution in [3.8, 4) is 5.75 Å². The molecule has 0 aliphatic carbocycles. The maximum Gasteiger partial charge on any atom is 0.122 e. The van der Waals surface area contributed by atoms with Gasteiger partial charge in [-0.05, 0) is 24.3 Å². The van der Waals surface area contributed by atoms with E-state index in [4.69, 9.17) is 22.1 Å². The van der Waals surface area contributed by atoms with Crippen molar-refractivity contribution in [1.82, 2.24) is 0 Å². The van der Waals surface area contributed by atoms with Gasteiger partial charge < -0.3 is 10.5 Å². The number of para-hydroxylation sites is 1. The molecule has 0 aliphatic rings. The van der Waals surface area contributed by atoms with Gasteiger partial charge in [-0.1, -0.05) is 29.8 Å². The number of methoxy groups -OCH3 is 1. The molecule has 2 aromatic carbocycles. The van der Waals surface area contributed by atoms with E-state index in [0.717, 1.165) is 22.0 Å². The first-order valence-electron chi connectivity index (χ1n) is 5.50. The minimum atomic E-state index is 0.597. The number of nitrogen functional groups attached to an aromatic ring is 1. The molecule has 0 saturated heterocycles. The van der Waals surface area contributed by atoms with Crippen LogP contribution in [0.2, 0.25) is 5.02 Å². The molecule has 2 rings (SSSR count). The smallest absolute Gasteiger partial charge is 0.122 e. The van der Waals surface area contributed by atoms with Crippen LogP contribution in [0.4, 0.5) is 5.69 Å². The lowest BCUT2D eigenvalue weighted by molar-refractivity contribution is 0.411. The molecule has 0 unspecified atom stereocenters. The van der Waals surface area contributed by atoms with Crippen molar-refractivity contribution in [3.63, 3.8) is 0 Å². The van der Waals surface area contributed by atoms with Crippen LogP contribution in [-0.2, 0) is 5.75 Å². The van der Waals surface area contributed by atoms with Crippen LogP contribution in [0, 0.1) is 0 Å². The van der Waals surface area contributed by atoms with Gasteiger partial charge in [-0.25, -0.2) is 0 Å². The van der Waals surface area contributed by atoms with Gasteiger partial charge in [-0.3, -0.25) is 0 Å². The van der Waals surface area contributed by atoms with Crippen molar-refractivity contribution < 1.29 is 4.74 Å². The van der Waals surface area contributed by atoms with Crippen LogP contribution < -0.4 is 10.5 Å². The highest BCUT2D eigenvalue weighted by atomic mass is 35.5. The van der Waals surface area contributed by atoms with Crippen molar-refractivity contribution in [2.45, 2.75) is 10.6 Å². The second kappa shape index (κ2) is 6.03. The second-order valence-electron chi connectivity index (χ2n) is 3.78. The molecule has 0 aliphatic heterocycles. The highest BCUT2D eigenvalue weighted by Crippen LogP contribution is 2.30. The lowest BCUT2D eigenvalue weighted by atomic mass is 10.2. The first-order valence-corrected chi connectivity index (χ1v) is 6.87. The molecule has 0 bridgehead atoms. The van der Waals surface area contributed by atoms with Crippen molar-refractivity contribution in [1.29, 1.82) is 0 Å². The average Bonchev–Trinajstić information content (AvgIpc) is 2.40. The number of rotatable bonds is 4. The summed E-state index contributed by atoms with van der Waals surface area (Å²) < 4.78 is 5.32. The fourth-order valence-corrected chi connectivity index (χ4v) is 2.75. The molecule has 2 nitrogen and oxygen atoms in total. The Balaban J connectivity index is 2.09. The molecule has 2 aromatic rings. The quantitative estimate of drug-likeness (QED) is 0.672. The average molecular weight is 280 g/mol. The maximum absolute atomic E-state index is 5.99. The van der Waals surface area contributed by atoms with Crippen LogP contribution in [0.25, 0.3) is 0 Å². The molecule has 0 amide bonds. The number of hydrogen-bond donors (Lipinski definition) is 1. The molecule has 0 atom stereocenters. The van der Waals surface area contributed by atoms with E-state index in [0.29, 0.717) is 10.7 Å². The van der Waals surface area contributed by atoms with Crippen LogP contribution in [0.15, 0.2) is 47.4 Å². The Morgan fingerprint density at radius 2 is 2.00 bits per heavy atom. The van der Waals surface area contributed by atoms with E-state index < -0.39 is 0 Å². The van der Waals surface area contributed by atoms with E-state index in [1.165, 1.54) is 0 Å². The summed E-state index contributed by atoms with van der Waals surface area (Å²) in [5, 5.41) is 0.597. The Morgan fingerprint density at radius 1 is 1.22 bits per heavy atom. The van der Waals surface area contributed by atoms with Crippen LogP contribution >= 0.6 is 23.4 Å². The third-order valence-corrected chi connectivity index (χ3v) is 3.93. The molecular formula is C14H14ClNOS. The number of hydrogen-bond acceptors (Lipinski definition) is 3. The maximum atomic E-state index is 5.99. The lowest BCUT2D eigenvalue weighted by Crippen LogP contribution is -1.90. The molecule has 0 aromatic heterocycles. The molecule has 0 radical (unpaired) electrons. The Labute approximate surface area is 116 Å². The molecule has 2 N–H and O–H groups in total. The van der Waals surface area contributed by atoms with Crippen LogP contribution in [0.5, 0.6) is 5.75 Å². The Morgan fingerprint density at radius 3 is 2.72 bits per heavy atom. The highest BCUT2D eigenvalue weighted by molar-refractivity contribution is 7.98. The molecule has 0 heterocycles. The summed E-state index contributed by atoms with van der Waals surface area (Å²) in [6, 6.07) is 13.7. The molecular weight excluding hydrogens is 266 g/mol. The van der Waals surface area contributed by atoms with E-state index in [9.17, 15) is 0 Å². The first kappa shape index (κ1) is 13.1. The van der Waals surface area contributed by atoms with Crippen LogP contribution in [-0.4, -0.2) is 7.11 Å². The van der Waals surface area contributed by atoms with Gasteiger partial charge in [-0.2, -0.15) is 0 Å². The Bertz CT molecular complexity index is 545. The largest absolute Gasteiger partial charge is 0.496 e. The fraction of sp³-hybridized carbons (Fsp3) is 0.143. The fourth-order valence-electron chi connectivity index (χ4n) is 1.58. The zero-order chi connectivity index (χ0) is 13.0. The molecule has 4 heteroatoms. The summed E-state index contributed by atoms with van der Waals surface area (Å²) in [6.45, 7) is 0. The van der Waals surface area contributed by atoms with Gasteiger partial charge in [0.2, 0.25) is 0 Å². The highest BCUT2D eigenvalue weighted by Gasteiger charge is 2.04. The predicted molar refractivity (Wildman–Crippen MR) is 78.4 cm³/mol. The van der Waals surface area contributed by atoms with Gasteiger partial charge in [0.15, 0.2) is 0 Å². The molecule has 18 heavy (non-hydrogen) atoms. The summed E-state index contributed by atoms with van der Waals surface area (Å²) in [5.74, 6) is 1.75. The van der Waals surface area contributed by atoms with Crippen LogP contribution in [0.3, 0.4) is 0 Å². The van der Waals surface area contributed by atoms with E-state index in [2.05, 4.69) is 6.07 Å². The minimum Gasteiger partial charge on any atom is -0.496 e. The zero-order valence-electron chi connectivity index (χ0n) is 10.0. The number of halogens is 1. The standard InChI is InChI=1S/C14H14ClNOS/c1-17-14-5-3-2-4-10(14)9-18-11-6-7-13(16)12(15)8-11/h2-8H,9,16H2,1H3. The minimum absolute atomic E-state index is 0.597. The number of thioether (sulfide) groups is 1. The summed E-state index contributed by atoms with van der Waals surface area (Å²) in [5.41, 5.74) is 7.45. The topological polar surface area (TPSA) is 35.2 Å². The van der Waals surface area contributed by atoms with Gasteiger partial charge in [-0.15, -0.1) is 11.8 Å². The van der Waals surface area contributed by atoms with E-state index >= 15 is 0 Å². The van der Waals surface area contributed by atoms with E-state index in [1.807, 2.05) is 36.4 Å². The van der Waals surface area contributed by atoms with Gasteiger partial charge in [0.1, 0.15) is 5.75 Å². The third kappa shape index (κ3) is 3.12. The molecule has 94 valence electrons. The van der Waals surface area contributed by atoms with E-state index in [1.54, 1.807) is 18.9 Å². The number of benzene rings is 2. The van der Waals surface area contributed by atoms with Crippen molar-refractivity contribution >= 4 is 29.1 Å². The number of ether oxygens (including phenoxy) is 1. The SMILES string of the molecule is COc1ccccc1CSc1ccc(N)c(Cl)c1. The Kier molecular flexibility index (Phi) is 4.39. The van der Waals surface area contributed by atoms with Gasteiger partial charge in [0, 0.05) is 16.2 Å². The third-order valence-electron chi connectivity index (χ3n) is 2.56. The summed E-state index contributed by atoms with van der Waals surface area (Å²) in [7, 11) is 1.68. The lowest BCUT2D eigenvalue weighted by Gasteiger charge is -2.08. The predicted octanol–water partition coefficient (Wildman–Crippen LogP) is 4.22. The Hall–Kier alpha value is -1.32. The van der Waals surface area contributed by atoms with Crippen molar-refractivity contribution in [3.05, 3.63) is 53.1 Å². The summed E-state index contributed by atoms with van der Waals surface area (Å²) in [6.07, 6.45) is 0. The van der Waals surface area contributed by atoms with Gasteiger partial charge >= 0.3 is 0 Å². The molecule has 0 fully saturated rings. The summed E-state index contributed by atoms with van der Waals surface area (Å²) >= 11 is 7.70. The van der Waals surface area contributed by atoms with Crippen molar-refractivity contribution in [2.24, 2.45) is 0 Å². The second-order valence-corrected chi connectivity index (χ2v) is 5.24. The number of anilines is 1. The number of nitrogens with two attached hydrogens (primary N) is 1.